The standard InChI is InChI=1S/C20H16N2O4S2/c1-20-15(18(24)25-2)16(12-7-3-4-8-13(12)26-20)22-17(23)14(28-19(22)21-20)10-11-6-5-9-27-11/h3-10,15-16H,1-2H3/t15-,16-,20+/m0/s1. The van der Waals surface area contributed by atoms with Crippen molar-refractivity contribution in [2.75, 3.05) is 7.11 Å². The first-order valence-electron chi connectivity index (χ1n) is 8.74. The monoisotopic (exact) mass is 412 g/mol. The number of carbonyl (C=O) groups excluding carboxylic acids is 1. The fourth-order valence-corrected chi connectivity index (χ4v) is 5.76. The Morgan fingerprint density at radius 1 is 1.32 bits per heavy atom. The number of thiophene rings is 1. The minimum atomic E-state index is -1.14. The van der Waals surface area contributed by atoms with Crippen molar-refractivity contribution in [3.63, 3.8) is 0 Å². The van der Waals surface area contributed by atoms with E-state index in [0.717, 1.165) is 10.4 Å². The number of hydrogen-bond acceptors (Lipinski definition) is 7. The molecule has 5 rings (SSSR count). The van der Waals surface area contributed by atoms with Crippen molar-refractivity contribution in [3.8, 4) is 5.75 Å². The van der Waals surface area contributed by atoms with Gasteiger partial charge < -0.3 is 9.47 Å². The van der Waals surface area contributed by atoms with Crippen LogP contribution in [0.1, 0.15) is 23.4 Å². The number of para-hydroxylation sites is 1. The molecule has 0 N–H and O–H groups in total. The lowest BCUT2D eigenvalue weighted by Gasteiger charge is -2.44. The third-order valence-corrected chi connectivity index (χ3v) is 6.95. The third kappa shape index (κ3) is 2.41. The van der Waals surface area contributed by atoms with Crippen LogP contribution in [0.15, 0.2) is 51.6 Å². The van der Waals surface area contributed by atoms with Crippen LogP contribution >= 0.6 is 22.7 Å². The van der Waals surface area contributed by atoms with Crippen LogP contribution in [0, 0.1) is 5.92 Å². The van der Waals surface area contributed by atoms with Gasteiger partial charge in [-0.2, -0.15) is 0 Å². The predicted molar refractivity (Wildman–Crippen MR) is 106 cm³/mol. The van der Waals surface area contributed by atoms with Crippen molar-refractivity contribution in [2.45, 2.75) is 18.7 Å². The molecule has 2 bridgehead atoms. The maximum absolute atomic E-state index is 13.3. The lowest BCUT2D eigenvalue weighted by atomic mass is 9.81. The summed E-state index contributed by atoms with van der Waals surface area (Å²) in [5, 5.41) is 1.97. The summed E-state index contributed by atoms with van der Waals surface area (Å²) >= 11 is 2.88. The Balaban J connectivity index is 1.83. The van der Waals surface area contributed by atoms with Crippen LogP contribution in [0.2, 0.25) is 0 Å². The van der Waals surface area contributed by atoms with E-state index < -0.39 is 23.7 Å². The van der Waals surface area contributed by atoms with Gasteiger partial charge in [-0.25, -0.2) is 4.99 Å². The third-order valence-electron chi connectivity index (χ3n) is 5.15. The molecule has 2 aromatic heterocycles. The van der Waals surface area contributed by atoms with Crippen LogP contribution in [0.5, 0.6) is 5.75 Å². The maximum Gasteiger partial charge on any atom is 0.317 e. The molecule has 0 amide bonds. The van der Waals surface area contributed by atoms with E-state index in [1.165, 1.54) is 18.4 Å². The van der Waals surface area contributed by atoms with Gasteiger partial charge in [0.2, 0.25) is 5.72 Å². The molecule has 6 nitrogen and oxygen atoms in total. The summed E-state index contributed by atoms with van der Waals surface area (Å²) in [5.41, 5.74) is -0.507. The van der Waals surface area contributed by atoms with Crippen molar-refractivity contribution in [1.29, 1.82) is 0 Å². The van der Waals surface area contributed by atoms with Gasteiger partial charge in [-0.3, -0.25) is 14.2 Å². The number of hydrogen-bond donors (Lipinski definition) is 0. The van der Waals surface area contributed by atoms with Gasteiger partial charge in [-0.05, 0) is 30.5 Å². The smallest absolute Gasteiger partial charge is 0.317 e. The van der Waals surface area contributed by atoms with Crippen LogP contribution in [0.4, 0.5) is 0 Å². The number of esters is 1. The van der Waals surface area contributed by atoms with E-state index in [1.54, 1.807) is 22.8 Å². The molecular weight excluding hydrogens is 396 g/mol. The summed E-state index contributed by atoms with van der Waals surface area (Å²) in [6.07, 6.45) is 1.87. The van der Waals surface area contributed by atoms with E-state index in [1.807, 2.05) is 47.9 Å². The molecule has 3 atom stereocenters. The molecule has 0 aliphatic carbocycles. The molecule has 0 unspecified atom stereocenters. The molecule has 0 radical (unpaired) electrons. The Morgan fingerprint density at radius 2 is 2.14 bits per heavy atom. The first kappa shape index (κ1) is 17.4. The SMILES string of the molecule is COC(=O)[C@@H]1[C@@H]2c3ccccc3O[C@@]1(C)N=c1sc(=Cc3cccs3)c(=O)n12. The molecule has 28 heavy (non-hydrogen) atoms. The van der Waals surface area contributed by atoms with E-state index in [9.17, 15) is 9.59 Å². The molecule has 142 valence electrons. The highest BCUT2D eigenvalue weighted by atomic mass is 32.1. The van der Waals surface area contributed by atoms with Crippen molar-refractivity contribution in [2.24, 2.45) is 10.9 Å². The molecule has 0 saturated carbocycles. The molecule has 0 fully saturated rings. The van der Waals surface area contributed by atoms with Gasteiger partial charge in [0, 0.05) is 10.4 Å². The number of rotatable bonds is 2. The van der Waals surface area contributed by atoms with Crippen LogP contribution < -0.4 is 19.6 Å². The Hall–Kier alpha value is -2.71. The summed E-state index contributed by atoms with van der Waals surface area (Å²) in [6, 6.07) is 10.8. The molecule has 0 saturated heterocycles. The Kier molecular flexibility index (Phi) is 3.82. The minimum absolute atomic E-state index is 0.158. The lowest BCUT2D eigenvalue weighted by Crippen LogP contribution is -2.58. The summed E-state index contributed by atoms with van der Waals surface area (Å²) in [7, 11) is 1.34. The number of benzene rings is 1. The Morgan fingerprint density at radius 3 is 2.89 bits per heavy atom. The van der Waals surface area contributed by atoms with Crippen LogP contribution in [0.3, 0.4) is 0 Å². The summed E-state index contributed by atoms with van der Waals surface area (Å²) in [4.78, 5) is 32.2. The van der Waals surface area contributed by atoms with Crippen molar-refractivity contribution in [3.05, 3.63) is 71.9 Å². The first-order valence-corrected chi connectivity index (χ1v) is 10.4. The van der Waals surface area contributed by atoms with E-state index in [0.29, 0.717) is 15.1 Å². The Labute approximate surface area is 168 Å². The number of aromatic nitrogens is 1. The molecule has 1 aromatic carbocycles. The second-order valence-electron chi connectivity index (χ2n) is 6.84. The van der Waals surface area contributed by atoms with E-state index >= 15 is 0 Å². The predicted octanol–water partition coefficient (Wildman–Crippen LogP) is 1.92. The average molecular weight is 412 g/mol. The Bertz CT molecular complexity index is 1260. The fourth-order valence-electron chi connectivity index (χ4n) is 3.93. The van der Waals surface area contributed by atoms with E-state index in [-0.39, 0.29) is 5.56 Å². The summed E-state index contributed by atoms with van der Waals surface area (Å²) in [5.74, 6) is -0.563. The molecule has 3 aromatic rings. The van der Waals surface area contributed by atoms with Crippen molar-refractivity contribution in [1.82, 2.24) is 4.57 Å². The normalized spacial score (nSPS) is 25.3. The quantitative estimate of drug-likeness (QED) is 0.603. The largest absolute Gasteiger partial charge is 0.469 e. The first-order chi connectivity index (χ1) is 13.5. The molecule has 0 spiro atoms. The van der Waals surface area contributed by atoms with Crippen LogP contribution in [-0.2, 0) is 9.53 Å². The van der Waals surface area contributed by atoms with Crippen molar-refractivity contribution < 1.29 is 14.3 Å². The minimum Gasteiger partial charge on any atom is -0.469 e. The number of ether oxygens (including phenoxy) is 2. The highest BCUT2D eigenvalue weighted by Crippen LogP contribution is 2.47. The lowest BCUT2D eigenvalue weighted by molar-refractivity contribution is -0.158. The van der Waals surface area contributed by atoms with Gasteiger partial charge in [0.1, 0.15) is 11.7 Å². The fraction of sp³-hybridized carbons (Fsp3) is 0.250. The zero-order chi connectivity index (χ0) is 19.5. The zero-order valence-corrected chi connectivity index (χ0v) is 16.8. The maximum atomic E-state index is 13.3. The summed E-state index contributed by atoms with van der Waals surface area (Å²) < 4.78 is 13.4. The van der Waals surface area contributed by atoms with E-state index in [4.69, 9.17) is 14.5 Å². The van der Waals surface area contributed by atoms with Gasteiger partial charge in [0.25, 0.3) is 5.56 Å². The number of thiazole rings is 1. The number of methoxy groups -OCH3 is 1. The second-order valence-corrected chi connectivity index (χ2v) is 8.82. The zero-order valence-electron chi connectivity index (χ0n) is 15.1. The van der Waals surface area contributed by atoms with Crippen LogP contribution in [0.25, 0.3) is 6.08 Å². The highest BCUT2D eigenvalue weighted by Gasteiger charge is 2.55. The molecule has 4 heterocycles. The number of nitrogens with zero attached hydrogens (tertiary/aromatic N) is 2. The van der Waals surface area contributed by atoms with Crippen LogP contribution in [-0.4, -0.2) is 23.4 Å². The van der Waals surface area contributed by atoms with Crippen molar-refractivity contribution >= 4 is 34.7 Å². The molecular formula is C20H16N2O4S2. The van der Waals surface area contributed by atoms with Gasteiger partial charge in [0.15, 0.2) is 4.80 Å². The van der Waals surface area contributed by atoms with Gasteiger partial charge in [-0.1, -0.05) is 35.6 Å². The van der Waals surface area contributed by atoms with E-state index in [2.05, 4.69) is 0 Å². The molecule has 8 heteroatoms. The highest BCUT2D eigenvalue weighted by molar-refractivity contribution is 7.11. The number of fused-ring (bicyclic) bond motifs is 6. The topological polar surface area (TPSA) is 69.9 Å². The second kappa shape index (κ2) is 6.15. The average Bonchev–Trinajstić information content (AvgIpc) is 3.28. The van der Waals surface area contributed by atoms with Gasteiger partial charge in [-0.15, -0.1) is 11.3 Å². The number of carbonyl (C=O) groups is 1. The molecule has 2 aliphatic heterocycles. The van der Waals surface area contributed by atoms with Gasteiger partial charge >= 0.3 is 5.97 Å². The summed E-state index contributed by atoms with van der Waals surface area (Å²) in [6.45, 7) is 1.77. The molecule has 2 aliphatic rings. The van der Waals surface area contributed by atoms with Gasteiger partial charge in [0.05, 0.1) is 17.7 Å².